The van der Waals surface area contributed by atoms with Crippen LogP contribution in [0.4, 0.5) is 0 Å². The first-order valence-corrected chi connectivity index (χ1v) is 13.3. The normalized spacial score (nSPS) is 22.3. The van der Waals surface area contributed by atoms with E-state index in [0.29, 0.717) is 23.7 Å². The second-order valence-corrected chi connectivity index (χ2v) is 10.4. The third-order valence-electron chi connectivity index (χ3n) is 7.16. The number of carbonyl (C=O) groups is 1. The van der Waals surface area contributed by atoms with Gasteiger partial charge in [-0.05, 0) is 65.4 Å². The fourth-order valence-corrected chi connectivity index (χ4v) is 5.69. The first kappa shape index (κ1) is 23.4. The van der Waals surface area contributed by atoms with Gasteiger partial charge in [-0.1, -0.05) is 6.07 Å². The molecule has 1 aromatic carbocycles. The van der Waals surface area contributed by atoms with Gasteiger partial charge in [0, 0.05) is 49.2 Å². The molecule has 186 valence electrons. The molecule has 0 radical (unpaired) electrons. The van der Waals surface area contributed by atoms with Crippen LogP contribution in [0, 0.1) is 11.8 Å². The largest absolute Gasteiger partial charge is 0.378 e. The van der Waals surface area contributed by atoms with E-state index in [1.165, 1.54) is 0 Å². The summed E-state index contributed by atoms with van der Waals surface area (Å²) >= 11 is 3.56. The maximum atomic E-state index is 12.7. The van der Waals surface area contributed by atoms with E-state index < -0.39 is 0 Å². The van der Waals surface area contributed by atoms with Crippen LogP contribution in [-0.4, -0.2) is 63.0 Å². The molecule has 36 heavy (non-hydrogen) atoms. The Labute approximate surface area is 217 Å². The summed E-state index contributed by atoms with van der Waals surface area (Å²) in [6.07, 6.45) is 7.16. The van der Waals surface area contributed by atoms with Crippen LogP contribution in [0.15, 0.2) is 47.3 Å². The predicted octanol–water partition coefficient (Wildman–Crippen LogP) is 3.19. The molecule has 1 aliphatic heterocycles. The number of halogens is 1. The number of nitrogens with zero attached hydrogens (tertiary/aromatic N) is 5. The smallest absolute Gasteiger partial charge is 0.223 e. The second kappa shape index (κ2) is 10.2. The maximum Gasteiger partial charge on any atom is 0.223 e. The van der Waals surface area contributed by atoms with Crippen molar-refractivity contribution in [2.75, 3.05) is 26.3 Å². The van der Waals surface area contributed by atoms with Gasteiger partial charge in [-0.2, -0.15) is 5.10 Å². The van der Waals surface area contributed by atoms with Gasteiger partial charge in [0.2, 0.25) is 5.91 Å². The van der Waals surface area contributed by atoms with Gasteiger partial charge in [0.1, 0.15) is 10.4 Å². The number of morpholine rings is 1. The molecule has 3 aromatic heterocycles. The zero-order valence-corrected chi connectivity index (χ0v) is 21.4. The average molecular weight is 550 g/mol. The molecule has 2 aliphatic rings. The summed E-state index contributed by atoms with van der Waals surface area (Å²) in [6.45, 7) is 2.84. The monoisotopic (exact) mass is 549 g/mol. The summed E-state index contributed by atoms with van der Waals surface area (Å²) in [7, 11) is 0. The number of ether oxygens (including phenoxy) is 1. The van der Waals surface area contributed by atoms with Crippen molar-refractivity contribution in [3.8, 4) is 5.69 Å². The minimum atomic E-state index is 0.0501. The van der Waals surface area contributed by atoms with Gasteiger partial charge in [0.25, 0.3) is 0 Å². The number of benzene rings is 1. The first-order chi connectivity index (χ1) is 17.6. The lowest BCUT2D eigenvalue weighted by Crippen LogP contribution is -2.49. The molecule has 1 saturated heterocycles. The number of amides is 1. The van der Waals surface area contributed by atoms with Crippen molar-refractivity contribution in [1.82, 2.24) is 35.4 Å². The lowest BCUT2D eigenvalue weighted by atomic mass is 10.0. The Balaban J connectivity index is 1.15. The minimum absolute atomic E-state index is 0.0501. The van der Waals surface area contributed by atoms with Gasteiger partial charge < -0.3 is 15.4 Å². The quantitative estimate of drug-likeness (QED) is 0.380. The number of rotatable bonds is 6. The van der Waals surface area contributed by atoms with E-state index in [1.807, 2.05) is 35.1 Å². The second-order valence-electron chi connectivity index (χ2n) is 9.66. The van der Waals surface area contributed by atoms with Gasteiger partial charge in [-0.3, -0.25) is 9.78 Å². The highest BCUT2D eigenvalue weighted by Gasteiger charge is 2.31. The lowest BCUT2D eigenvalue weighted by molar-refractivity contribution is -0.125. The van der Waals surface area contributed by atoms with E-state index in [2.05, 4.69) is 47.7 Å². The van der Waals surface area contributed by atoms with Crippen molar-refractivity contribution >= 4 is 43.8 Å². The van der Waals surface area contributed by atoms with Crippen molar-refractivity contribution in [3.05, 3.63) is 53.2 Å². The molecule has 4 aromatic rings. The van der Waals surface area contributed by atoms with E-state index in [0.717, 1.165) is 72.3 Å². The molecule has 0 spiro atoms. The van der Waals surface area contributed by atoms with Gasteiger partial charge in [-0.25, -0.2) is 14.6 Å². The number of aromatic nitrogens is 5. The molecular weight excluding hydrogens is 522 g/mol. The molecule has 6 rings (SSSR count). The van der Waals surface area contributed by atoms with Crippen molar-refractivity contribution in [3.63, 3.8) is 0 Å². The van der Waals surface area contributed by atoms with E-state index in [9.17, 15) is 4.79 Å². The molecule has 0 bridgehead atoms. The van der Waals surface area contributed by atoms with Gasteiger partial charge in [-0.15, -0.1) is 0 Å². The number of pyridine rings is 1. The number of fused-ring (bicyclic) bond motifs is 2. The van der Waals surface area contributed by atoms with Crippen molar-refractivity contribution in [1.29, 1.82) is 0 Å². The molecule has 2 N–H and O–H groups in total. The van der Waals surface area contributed by atoms with E-state index in [4.69, 9.17) is 9.72 Å². The molecule has 2 fully saturated rings. The topological polar surface area (TPSA) is 107 Å². The Kier molecular flexibility index (Phi) is 6.64. The van der Waals surface area contributed by atoms with Crippen molar-refractivity contribution in [2.24, 2.45) is 11.8 Å². The summed E-state index contributed by atoms with van der Waals surface area (Å²) in [5.74, 6) is 1.37. The van der Waals surface area contributed by atoms with Crippen LogP contribution in [0.3, 0.4) is 0 Å². The number of carbonyl (C=O) groups excluding carboxylic acids is 1. The molecule has 1 aliphatic carbocycles. The van der Waals surface area contributed by atoms with Crippen LogP contribution in [0.25, 0.3) is 27.6 Å². The van der Waals surface area contributed by atoms with E-state index >= 15 is 0 Å². The van der Waals surface area contributed by atoms with Crippen LogP contribution in [0.2, 0.25) is 0 Å². The Morgan fingerprint density at radius 2 is 2.19 bits per heavy atom. The van der Waals surface area contributed by atoms with Crippen molar-refractivity contribution in [2.45, 2.75) is 31.7 Å². The summed E-state index contributed by atoms with van der Waals surface area (Å²) < 4.78 is 8.04. The molecule has 4 heterocycles. The van der Waals surface area contributed by atoms with Crippen LogP contribution in [-0.2, 0) is 16.0 Å². The molecule has 1 amide bonds. The minimum Gasteiger partial charge on any atom is -0.378 e. The van der Waals surface area contributed by atoms with Gasteiger partial charge in [0.05, 0.1) is 29.8 Å². The SMILES string of the molecule is O=C(NC[C@@H]1COCCN1)[C@@H]1CC[C@@H](Cc2ncc3c(Br)nn(-c4ccc5ncccc5c4)c3n2)C1. The Hall–Kier alpha value is -2.95. The zero-order chi connectivity index (χ0) is 24.5. The molecule has 9 nitrogen and oxygen atoms in total. The highest BCUT2D eigenvalue weighted by Crippen LogP contribution is 2.33. The van der Waals surface area contributed by atoms with Crippen LogP contribution in [0.1, 0.15) is 25.1 Å². The van der Waals surface area contributed by atoms with E-state index in [-0.39, 0.29) is 17.9 Å². The van der Waals surface area contributed by atoms with Crippen molar-refractivity contribution < 1.29 is 9.53 Å². The number of hydrogen-bond donors (Lipinski definition) is 2. The number of hydrogen-bond acceptors (Lipinski definition) is 7. The molecule has 3 atom stereocenters. The van der Waals surface area contributed by atoms with E-state index in [1.54, 1.807) is 6.20 Å². The summed E-state index contributed by atoms with van der Waals surface area (Å²) in [6, 6.07) is 10.2. The third kappa shape index (κ3) is 4.85. The Morgan fingerprint density at radius 1 is 1.25 bits per heavy atom. The molecule has 1 saturated carbocycles. The standard InChI is InChI=1S/C26H28BrN7O2/c27-24-21-14-30-23(11-16-3-4-18(10-16)26(35)31-13-19-15-36-9-8-28-19)32-25(21)34(33-24)20-5-6-22-17(12-20)2-1-7-29-22/h1-2,5-7,12,14,16,18-19,28H,3-4,8-11,13,15H2,(H,31,35)/t16-,18-,19-/m1/s1. The highest BCUT2D eigenvalue weighted by atomic mass is 79.9. The molecule has 10 heteroatoms. The summed E-state index contributed by atoms with van der Waals surface area (Å²) in [4.78, 5) is 26.7. The summed E-state index contributed by atoms with van der Waals surface area (Å²) in [5.41, 5.74) is 2.63. The number of nitrogens with one attached hydrogen (secondary N) is 2. The Bertz CT molecular complexity index is 1400. The predicted molar refractivity (Wildman–Crippen MR) is 140 cm³/mol. The van der Waals surface area contributed by atoms with Crippen LogP contribution >= 0.6 is 15.9 Å². The average Bonchev–Trinajstić information content (AvgIpc) is 3.52. The maximum absolute atomic E-state index is 12.7. The molecule has 0 unspecified atom stereocenters. The fourth-order valence-electron chi connectivity index (χ4n) is 5.25. The first-order valence-electron chi connectivity index (χ1n) is 12.5. The fraction of sp³-hybridized carbons (Fsp3) is 0.423. The van der Waals surface area contributed by atoms with Gasteiger partial charge >= 0.3 is 0 Å². The Morgan fingerprint density at radius 3 is 3.08 bits per heavy atom. The lowest BCUT2D eigenvalue weighted by Gasteiger charge is -2.24. The third-order valence-corrected chi connectivity index (χ3v) is 7.75. The highest BCUT2D eigenvalue weighted by molar-refractivity contribution is 9.10. The van der Waals surface area contributed by atoms with Crippen LogP contribution in [0.5, 0.6) is 0 Å². The van der Waals surface area contributed by atoms with Crippen LogP contribution < -0.4 is 10.6 Å². The molecular formula is C26H28BrN7O2. The summed E-state index contributed by atoms with van der Waals surface area (Å²) in [5, 5.41) is 13.1. The zero-order valence-electron chi connectivity index (χ0n) is 19.9. The van der Waals surface area contributed by atoms with Gasteiger partial charge in [0.15, 0.2) is 5.65 Å².